The lowest BCUT2D eigenvalue weighted by Crippen LogP contribution is -2.32. The van der Waals surface area contributed by atoms with Crippen molar-refractivity contribution in [3.8, 4) is 22.9 Å². The minimum atomic E-state index is -4.99. The van der Waals surface area contributed by atoms with Crippen LogP contribution >= 0.6 is 0 Å². The highest BCUT2D eigenvalue weighted by Gasteiger charge is 2.35. The average Bonchev–Trinajstić information content (AvgIpc) is 3.50. The molecule has 206 valence electrons. The summed E-state index contributed by atoms with van der Waals surface area (Å²) in [7, 11) is 0. The first-order chi connectivity index (χ1) is 18.6. The molecule has 1 N–H and O–H groups in total. The number of cyclic esters (lactones) is 1. The molecule has 0 radical (unpaired) electrons. The number of amides is 1. The second-order valence-corrected chi connectivity index (χ2v) is 8.60. The Morgan fingerprint density at radius 1 is 1.23 bits per heavy atom. The van der Waals surface area contributed by atoms with Gasteiger partial charge in [-0.1, -0.05) is 6.07 Å². The summed E-state index contributed by atoms with van der Waals surface area (Å²) in [5, 5.41) is 20.1. The summed E-state index contributed by atoms with van der Waals surface area (Å²) in [5.41, 5.74) is 0.985. The maximum atomic E-state index is 13.2. The van der Waals surface area contributed by atoms with Gasteiger partial charge in [0.25, 0.3) is 0 Å². The quantitative estimate of drug-likeness (QED) is 0.327. The van der Waals surface area contributed by atoms with Crippen LogP contribution in [0.5, 0.6) is 11.8 Å². The van der Waals surface area contributed by atoms with Gasteiger partial charge in [-0.2, -0.15) is 0 Å². The third-order valence-electron chi connectivity index (χ3n) is 5.90. The molecule has 16 heteroatoms. The van der Waals surface area contributed by atoms with Gasteiger partial charge in [-0.3, -0.25) is 14.5 Å². The molecule has 1 aromatic carbocycles. The van der Waals surface area contributed by atoms with Gasteiger partial charge >= 0.3 is 24.3 Å². The van der Waals surface area contributed by atoms with Gasteiger partial charge in [-0.05, 0) is 23.1 Å². The number of hydrogen-bond donors (Lipinski definition) is 1. The molecule has 1 amide bonds. The molecule has 39 heavy (non-hydrogen) atoms. The number of nitro groups is 1. The van der Waals surface area contributed by atoms with Crippen molar-refractivity contribution in [3.63, 3.8) is 0 Å². The fourth-order valence-corrected chi connectivity index (χ4v) is 4.09. The molecule has 3 aromatic rings. The molecule has 0 bridgehead atoms. The minimum Gasteiger partial charge on any atom is -0.443 e. The van der Waals surface area contributed by atoms with Gasteiger partial charge in [-0.15, -0.1) is 13.2 Å². The van der Waals surface area contributed by atoms with Crippen molar-refractivity contribution in [3.05, 3.63) is 58.5 Å². The third kappa shape index (κ3) is 5.85. The molecule has 2 aromatic heterocycles. The number of nitrogens with zero attached hydrogens (tertiary/aromatic N) is 5. The van der Waals surface area contributed by atoms with E-state index in [1.165, 1.54) is 29.1 Å². The number of pyridine rings is 1. The summed E-state index contributed by atoms with van der Waals surface area (Å²) >= 11 is 0. The molecule has 0 saturated carbocycles. The van der Waals surface area contributed by atoms with E-state index >= 15 is 0 Å². The van der Waals surface area contributed by atoms with E-state index in [4.69, 9.17) is 14.2 Å². The Labute approximate surface area is 217 Å². The number of carbonyl (C=O) groups is 1. The molecule has 2 aliphatic heterocycles. The van der Waals surface area contributed by atoms with E-state index in [0.29, 0.717) is 11.3 Å². The number of benzene rings is 1. The summed E-state index contributed by atoms with van der Waals surface area (Å²) < 4.78 is 61.4. The number of imidazole rings is 1. The highest BCUT2D eigenvalue weighted by Crippen LogP contribution is 2.37. The largest absolute Gasteiger partial charge is 0.573 e. The van der Waals surface area contributed by atoms with Crippen LogP contribution < -0.4 is 14.4 Å². The van der Waals surface area contributed by atoms with Crippen LogP contribution in [0.25, 0.3) is 11.1 Å². The number of aliphatic hydroxyl groups excluding tert-OH is 1. The molecule has 4 heterocycles. The van der Waals surface area contributed by atoms with Gasteiger partial charge in [0.2, 0.25) is 0 Å². The summed E-state index contributed by atoms with van der Waals surface area (Å²) in [4.78, 5) is 31.5. The molecule has 0 unspecified atom stereocenters. The normalized spacial score (nSPS) is 18.9. The Balaban J connectivity index is 1.28. The van der Waals surface area contributed by atoms with Crippen molar-refractivity contribution >= 4 is 17.6 Å². The lowest BCUT2D eigenvalue weighted by atomic mass is 10.1. The highest BCUT2D eigenvalue weighted by molar-refractivity contribution is 5.91. The number of fused-ring (bicyclic) bond motifs is 1. The van der Waals surface area contributed by atoms with Crippen molar-refractivity contribution in [1.82, 2.24) is 14.5 Å². The minimum absolute atomic E-state index is 0.0263. The first-order valence-corrected chi connectivity index (χ1v) is 11.5. The molecule has 5 rings (SSSR count). The molecular weight excluding hydrogens is 531 g/mol. The SMILES string of the molecule is O=C1O[C@H](CO)CN1c1ccc(-c2ccc(CO[C@@H]3COc4nc([N+](=O)[O-])cn4C3)nc2)c(OC(F)(F)F)c1. The van der Waals surface area contributed by atoms with Crippen molar-refractivity contribution in [2.45, 2.75) is 31.7 Å². The zero-order valence-electron chi connectivity index (χ0n) is 19.9. The van der Waals surface area contributed by atoms with Gasteiger partial charge in [-0.25, -0.2) is 4.79 Å². The monoisotopic (exact) mass is 551 g/mol. The number of carbonyl (C=O) groups excluding carboxylic acids is 1. The number of aromatic nitrogens is 3. The molecule has 1 saturated heterocycles. The van der Waals surface area contributed by atoms with E-state index in [-0.39, 0.29) is 49.4 Å². The fourth-order valence-electron chi connectivity index (χ4n) is 4.09. The van der Waals surface area contributed by atoms with Gasteiger partial charge < -0.3 is 34.2 Å². The van der Waals surface area contributed by atoms with Crippen LogP contribution in [-0.4, -0.2) is 69.0 Å². The van der Waals surface area contributed by atoms with Crippen LogP contribution in [0, 0.1) is 10.1 Å². The lowest BCUT2D eigenvalue weighted by Gasteiger charge is -2.22. The van der Waals surface area contributed by atoms with Crippen LogP contribution in [0.2, 0.25) is 0 Å². The lowest BCUT2D eigenvalue weighted by molar-refractivity contribution is -0.389. The van der Waals surface area contributed by atoms with E-state index in [1.807, 2.05) is 0 Å². The van der Waals surface area contributed by atoms with Crippen molar-refractivity contribution in [2.24, 2.45) is 0 Å². The first kappa shape index (κ1) is 26.2. The number of ether oxygens (including phenoxy) is 4. The number of aliphatic hydroxyl groups is 1. The molecule has 13 nitrogen and oxygen atoms in total. The number of anilines is 1. The Morgan fingerprint density at radius 3 is 2.72 bits per heavy atom. The topological polar surface area (TPSA) is 151 Å². The maximum absolute atomic E-state index is 13.2. The van der Waals surface area contributed by atoms with Gasteiger partial charge in [0.15, 0.2) is 0 Å². The Morgan fingerprint density at radius 2 is 2.05 bits per heavy atom. The zero-order valence-corrected chi connectivity index (χ0v) is 19.9. The fraction of sp³-hybridized carbons (Fsp3) is 0.348. The van der Waals surface area contributed by atoms with Crippen LogP contribution in [0.1, 0.15) is 5.69 Å². The number of halogens is 3. The third-order valence-corrected chi connectivity index (χ3v) is 5.90. The summed E-state index contributed by atoms with van der Waals surface area (Å²) in [5.74, 6) is -0.879. The van der Waals surface area contributed by atoms with E-state index in [1.54, 1.807) is 12.1 Å². The maximum Gasteiger partial charge on any atom is 0.573 e. The molecule has 1 fully saturated rings. The summed E-state index contributed by atoms with van der Waals surface area (Å²) in [6, 6.07) is 7.12. The van der Waals surface area contributed by atoms with Crippen LogP contribution in [0.4, 0.5) is 29.5 Å². The predicted molar refractivity (Wildman–Crippen MR) is 124 cm³/mol. The molecule has 2 aliphatic rings. The standard InChI is InChI=1S/C23H20F3N5O8/c24-23(25,26)39-19-5-15(30-8-16(10-32)38-22(30)33)3-4-18(19)13-1-2-14(27-6-13)11-36-17-7-29-9-20(31(34)35)28-21(29)37-12-17/h1-6,9,16-17,32H,7-8,10-12H2/t16-,17-/m0/s1. The smallest absolute Gasteiger partial charge is 0.443 e. The average molecular weight is 551 g/mol. The van der Waals surface area contributed by atoms with Gasteiger partial charge in [0, 0.05) is 28.4 Å². The molecule has 0 spiro atoms. The van der Waals surface area contributed by atoms with Crippen LogP contribution in [0.15, 0.2) is 42.7 Å². The number of alkyl halides is 3. The summed E-state index contributed by atoms with van der Waals surface area (Å²) in [6.45, 7) is 0.00736. The van der Waals surface area contributed by atoms with Crippen molar-refractivity contribution in [2.75, 3.05) is 24.7 Å². The number of hydrogen-bond acceptors (Lipinski definition) is 10. The molecule has 2 atom stereocenters. The second kappa shape index (κ2) is 10.4. The number of rotatable bonds is 8. The Bertz CT molecular complexity index is 1380. The van der Waals surface area contributed by atoms with E-state index in [2.05, 4.69) is 14.7 Å². The van der Waals surface area contributed by atoms with Gasteiger partial charge in [0.1, 0.15) is 30.8 Å². The van der Waals surface area contributed by atoms with Gasteiger partial charge in [0.05, 0.1) is 37.7 Å². The predicted octanol–water partition coefficient (Wildman–Crippen LogP) is 3.05. The Hall–Kier alpha value is -4.44. The first-order valence-electron chi connectivity index (χ1n) is 11.5. The summed E-state index contributed by atoms with van der Waals surface area (Å²) in [6.07, 6.45) is -4.40. The van der Waals surface area contributed by atoms with E-state index in [9.17, 15) is 33.2 Å². The zero-order chi connectivity index (χ0) is 27.7. The molecule has 0 aliphatic carbocycles. The van der Waals surface area contributed by atoms with E-state index < -0.39 is 41.9 Å². The highest BCUT2D eigenvalue weighted by atomic mass is 19.4. The van der Waals surface area contributed by atoms with Crippen molar-refractivity contribution in [1.29, 1.82) is 0 Å². The van der Waals surface area contributed by atoms with E-state index in [0.717, 1.165) is 11.0 Å². The molecular formula is C23H20F3N5O8. The Kier molecular flexibility index (Phi) is 6.96. The second-order valence-electron chi connectivity index (χ2n) is 8.60. The van der Waals surface area contributed by atoms with Crippen LogP contribution in [-0.2, 0) is 22.6 Å². The van der Waals surface area contributed by atoms with Crippen LogP contribution in [0.3, 0.4) is 0 Å². The van der Waals surface area contributed by atoms with Crippen molar-refractivity contribution < 1.29 is 46.9 Å².